The van der Waals surface area contributed by atoms with Gasteiger partial charge in [0, 0.05) is 12.1 Å². The molecule has 4 heteroatoms. The van der Waals surface area contributed by atoms with E-state index in [1.807, 2.05) is 0 Å². The Morgan fingerprint density at radius 3 is 2.76 bits per heavy atom. The third kappa shape index (κ3) is 4.44. The Kier molecular flexibility index (Phi) is 4.97. The van der Waals surface area contributed by atoms with Crippen molar-refractivity contribution < 1.29 is 15.0 Å². The molecule has 1 aromatic carbocycles. The van der Waals surface area contributed by atoms with E-state index < -0.39 is 0 Å². The molecule has 1 aromatic rings. The van der Waals surface area contributed by atoms with E-state index in [-0.39, 0.29) is 17.8 Å². The summed E-state index contributed by atoms with van der Waals surface area (Å²) >= 11 is 0. The lowest BCUT2D eigenvalue weighted by atomic mass is 10.1. The smallest absolute Gasteiger partial charge is 0.251 e. The number of aliphatic hydroxyl groups excluding tert-OH is 1. The number of aromatic hydroxyl groups is 1. The highest BCUT2D eigenvalue weighted by molar-refractivity contribution is 5.94. The van der Waals surface area contributed by atoms with E-state index in [9.17, 15) is 9.90 Å². The molecule has 1 rings (SSSR count). The predicted octanol–water partition coefficient (Wildman–Crippen LogP) is 1.59. The average Bonchev–Trinajstić information content (AvgIpc) is 2.27. The quantitative estimate of drug-likeness (QED) is 0.681. The minimum Gasteiger partial charge on any atom is -0.508 e. The van der Waals surface area contributed by atoms with Gasteiger partial charge in [0.2, 0.25) is 0 Å². The number of hydrogen-bond acceptors (Lipinski definition) is 3. The summed E-state index contributed by atoms with van der Waals surface area (Å²) in [5, 5.41) is 21.3. The summed E-state index contributed by atoms with van der Waals surface area (Å²) in [7, 11) is 0. The molecule has 0 spiro atoms. The maximum atomic E-state index is 11.7. The topological polar surface area (TPSA) is 69.6 Å². The summed E-state index contributed by atoms with van der Waals surface area (Å²) < 4.78 is 0. The van der Waals surface area contributed by atoms with Gasteiger partial charge in [0.05, 0.1) is 6.10 Å². The molecule has 0 heterocycles. The average molecular weight is 237 g/mol. The van der Waals surface area contributed by atoms with E-state index in [0.717, 1.165) is 12.0 Å². The summed E-state index contributed by atoms with van der Waals surface area (Å²) in [5.41, 5.74) is 1.20. The van der Waals surface area contributed by atoms with Gasteiger partial charge in [0.25, 0.3) is 5.91 Å². The van der Waals surface area contributed by atoms with Gasteiger partial charge in [-0.2, -0.15) is 0 Å². The second kappa shape index (κ2) is 6.25. The monoisotopic (exact) mass is 237 g/mol. The largest absolute Gasteiger partial charge is 0.508 e. The van der Waals surface area contributed by atoms with E-state index >= 15 is 0 Å². The van der Waals surface area contributed by atoms with Crippen molar-refractivity contribution in [1.29, 1.82) is 0 Å². The molecule has 0 aliphatic rings. The summed E-state index contributed by atoms with van der Waals surface area (Å²) in [6, 6.07) is 4.85. The lowest BCUT2D eigenvalue weighted by molar-refractivity contribution is 0.0949. The highest BCUT2D eigenvalue weighted by Gasteiger charge is 2.07. The number of hydrogen-bond donors (Lipinski definition) is 3. The van der Waals surface area contributed by atoms with Crippen molar-refractivity contribution in [3.8, 4) is 5.75 Å². The first kappa shape index (κ1) is 13.5. The number of rotatable bonds is 5. The molecule has 94 valence electrons. The first-order valence-corrected chi connectivity index (χ1v) is 5.76. The molecule has 1 amide bonds. The minimum absolute atomic E-state index is 0.127. The highest BCUT2D eigenvalue weighted by Crippen LogP contribution is 2.17. The SMILES string of the molecule is Cc1ccc(C(=O)NCCCC(C)O)cc1O. The maximum Gasteiger partial charge on any atom is 0.251 e. The Labute approximate surface area is 101 Å². The van der Waals surface area contributed by atoms with Crippen LogP contribution < -0.4 is 5.32 Å². The fraction of sp³-hybridized carbons (Fsp3) is 0.462. The minimum atomic E-state index is -0.338. The van der Waals surface area contributed by atoms with E-state index in [4.69, 9.17) is 5.11 Å². The number of aliphatic hydroxyl groups is 1. The molecule has 0 bridgehead atoms. The van der Waals surface area contributed by atoms with Gasteiger partial charge in [0.1, 0.15) is 5.75 Å². The van der Waals surface area contributed by atoms with Gasteiger partial charge in [-0.15, -0.1) is 0 Å². The van der Waals surface area contributed by atoms with E-state index in [0.29, 0.717) is 18.5 Å². The number of carbonyl (C=O) groups is 1. The molecule has 0 aromatic heterocycles. The van der Waals surface area contributed by atoms with E-state index in [1.54, 1.807) is 26.0 Å². The van der Waals surface area contributed by atoms with Crippen LogP contribution in [0.25, 0.3) is 0 Å². The van der Waals surface area contributed by atoms with Crippen LogP contribution in [0.5, 0.6) is 5.75 Å². The molecule has 0 aliphatic heterocycles. The van der Waals surface area contributed by atoms with Crippen LogP contribution in [0.4, 0.5) is 0 Å². The van der Waals surface area contributed by atoms with Crippen molar-refractivity contribution in [3.05, 3.63) is 29.3 Å². The Balaban J connectivity index is 2.44. The zero-order valence-corrected chi connectivity index (χ0v) is 10.2. The highest BCUT2D eigenvalue weighted by atomic mass is 16.3. The van der Waals surface area contributed by atoms with E-state index in [1.165, 1.54) is 6.07 Å². The zero-order valence-electron chi connectivity index (χ0n) is 10.2. The Morgan fingerprint density at radius 2 is 2.18 bits per heavy atom. The lowest BCUT2D eigenvalue weighted by Gasteiger charge is -2.07. The van der Waals surface area contributed by atoms with E-state index in [2.05, 4.69) is 5.32 Å². The molecule has 4 nitrogen and oxygen atoms in total. The fourth-order valence-corrected chi connectivity index (χ4v) is 1.45. The number of phenols is 1. The molecule has 0 saturated carbocycles. The van der Waals surface area contributed by atoms with Crippen LogP contribution in [0.15, 0.2) is 18.2 Å². The summed E-state index contributed by atoms with van der Waals surface area (Å²) in [5.74, 6) is -0.0764. The van der Waals surface area contributed by atoms with Crippen molar-refractivity contribution in [2.75, 3.05) is 6.54 Å². The van der Waals surface area contributed by atoms with Crippen molar-refractivity contribution in [1.82, 2.24) is 5.32 Å². The number of aryl methyl sites for hydroxylation is 1. The molecule has 0 aliphatic carbocycles. The number of phenolic OH excluding ortho intramolecular Hbond substituents is 1. The fourth-order valence-electron chi connectivity index (χ4n) is 1.45. The normalized spacial score (nSPS) is 12.2. The molecular formula is C13H19NO3. The predicted molar refractivity (Wildman–Crippen MR) is 66.1 cm³/mol. The van der Waals surface area contributed by atoms with Crippen molar-refractivity contribution >= 4 is 5.91 Å². The number of carbonyl (C=O) groups excluding carboxylic acids is 1. The molecular weight excluding hydrogens is 218 g/mol. The van der Waals surface area contributed by atoms with Crippen LogP contribution in [0.1, 0.15) is 35.7 Å². The molecule has 1 unspecified atom stereocenters. The van der Waals surface area contributed by atoms with Crippen LogP contribution in [-0.4, -0.2) is 28.8 Å². The van der Waals surface area contributed by atoms with Crippen LogP contribution in [0, 0.1) is 6.92 Å². The molecule has 0 fully saturated rings. The second-order valence-electron chi connectivity index (χ2n) is 4.25. The van der Waals surface area contributed by atoms with Gasteiger partial charge in [-0.25, -0.2) is 0 Å². The second-order valence-corrected chi connectivity index (χ2v) is 4.25. The van der Waals surface area contributed by atoms with Gasteiger partial charge in [-0.05, 0) is 44.4 Å². The van der Waals surface area contributed by atoms with Gasteiger partial charge < -0.3 is 15.5 Å². The molecule has 1 atom stereocenters. The first-order chi connectivity index (χ1) is 8.00. The standard InChI is InChI=1S/C13H19NO3/c1-9-5-6-11(8-12(9)16)13(17)14-7-3-4-10(2)15/h5-6,8,10,15-16H,3-4,7H2,1-2H3,(H,14,17). The first-order valence-electron chi connectivity index (χ1n) is 5.76. The van der Waals surface area contributed by atoms with Crippen molar-refractivity contribution in [3.63, 3.8) is 0 Å². The zero-order chi connectivity index (χ0) is 12.8. The number of amides is 1. The number of benzene rings is 1. The molecule has 17 heavy (non-hydrogen) atoms. The lowest BCUT2D eigenvalue weighted by Crippen LogP contribution is -2.25. The van der Waals surface area contributed by atoms with Gasteiger partial charge >= 0.3 is 0 Å². The van der Waals surface area contributed by atoms with Crippen molar-refractivity contribution in [2.45, 2.75) is 32.8 Å². The van der Waals surface area contributed by atoms with Gasteiger partial charge in [-0.1, -0.05) is 6.07 Å². The Hall–Kier alpha value is -1.55. The molecule has 3 N–H and O–H groups in total. The molecule has 0 radical (unpaired) electrons. The summed E-state index contributed by atoms with van der Waals surface area (Å²) in [6.45, 7) is 4.03. The van der Waals surface area contributed by atoms with Crippen LogP contribution in [0.2, 0.25) is 0 Å². The van der Waals surface area contributed by atoms with Gasteiger partial charge in [0.15, 0.2) is 0 Å². The third-order valence-corrected chi connectivity index (χ3v) is 2.56. The Morgan fingerprint density at radius 1 is 1.47 bits per heavy atom. The van der Waals surface area contributed by atoms with Crippen LogP contribution >= 0.6 is 0 Å². The van der Waals surface area contributed by atoms with Crippen LogP contribution in [-0.2, 0) is 0 Å². The third-order valence-electron chi connectivity index (χ3n) is 2.56. The number of nitrogens with one attached hydrogen (secondary N) is 1. The van der Waals surface area contributed by atoms with Gasteiger partial charge in [-0.3, -0.25) is 4.79 Å². The Bertz CT molecular complexity index is 388. The molecule has 0 saturated heterocycles. The van der Waals surface area contributed by atoms with Crippen LogP contribution in [0.3, 0.4) is 0 Å². The van der Waals surface area contributed by atoms with Crippen molar-refractivity contribution in [2.24, 2.45) is 0 Å². The summed E-state index contributed by atoms with van der Waals surface area (Å²) in [4.78, 5) is 11.7. The maximum absolute atomic E-state index is 11.7. The summed E-state index contributed by atoms with van der Waals surface area (Å²) in [6.07, 6.45) is 1.07.